The van der Waals surface area contributed by atoms with Crippen LogP contribution < -0.4 is 15.7 Å². The molecule has 31 heavy (non-hydrogen) atoms. The highest BCUT2D eigenvalue weighted by Gasteiger charge is 2.25. The van der Waals surface area contributed by atoms with Crippen molar-refractivity contribution in [1.29, 1.82) is 0 Å². The Morgan fingerprint density at radius 2 is 2.03 bits per heavy atom. The number of hydrogen-bond acceptors (Lipinski definition) is 7. The zero-order valence-corrected chi connectivity index (χ0v) is 18.0. The molecule has 3 aromatic rings. The second kappa shape index (κ2) is 8.75. The van der Waals surface area contributed by atoms with Crippen molar-refractivity contribution < 1.29 is 9.53 Å². The first kappa shape index (κ1) is 20.8. The van der Waals surface area contributed by atoms with E-state index in [2.05, 4.69) is 20.3 Å². The number of likely N-dealkylation sites (N-methyl/N-ethyl adjacent to an activating group) is 1. The number of ether oxygens (including phenoxy) is 1. The zero-order chi connectivity index (χ0) is 22.0. The molecule has 0 unspecified atom stereocenters. The Kier molecular flexibility index (Phi) is 5.88. The smallest absolute Gasteiger partial charge is 0.331 e. The van der Waals surface area contributed by atoms with Crippen molar-refractivity contribution in [1.82, 2.24) is 29.0 Å². The van der Waals surface area contributed by atoms with Crippen molar-refractivity contribution in [3.8, 4) is 5.88 Å². The molecule has 4 rings (SSSR count). The molecule has 1 aliphatic rings. The van der Waals surface area contributed by atoms with Crippen molar-refractivity contribution in [2.24, 2.45) is 0 Å². The first-order valence-corrected chi connectivity index (χ1v) is 10.4. The molecule has 0 spiro atoms. The molecule has 0 aliphatic heterocycles. The van der Waals surface area contributed by atoms with Gasteiger partial charge in [0.25, 0.3) is 0 Å². The minimum atomic E-state index is -0.220. The average Bonchev–Trinajstić information content (AvgIpc) is 3.05. The predicted molar refractivity (Wildman–Crippen MR) is 117 cm³/mol. The number of imidazole rings is 1. The summed E-state index contributed by atoms with van der Waals surface area (Å²) in [6, 6.07) is 3.66. The number of nitrogens with zero attached hydrogens (tertiary/aromatic N) is 6. The summed E-state index contributed by atoms with van der Waals surface area (Å²) >= 11 is 0. The molecule has 164 valence electrons. The third-order valence-electron chi connectivity index (χ3n) is 5.65. The molecule has 0 radical (unpaired) electrons. The number of aromatic nitrogens is 5. The fourth-order valence-electron chi connectivity index (χ4n) is 3.98. The van der Waals surface area contributed by atoms with Crippen LogP contribution in [-0.4, -0.2) is 56.1 Å². The summed E-state index contributed by atoms with van der Waals surface area (Å²) in [5.74, 6) is 0.594. The van der Waals surface area contributed by atoms with Crippen LogP contribution >= 0.6 is 0 Å². The van der Waals surface area contributed by atoms with Gasteiger partial charge in [0, 0.05) is 26.3 Å². The van der Waals surface area contributed by atoms with Crippen LogP contribution in [0.15, 0.2) is 29.3 Å². The summed E-state index contributed by atoms with van der Waals surface area (Å²) in [5.41, 5.74) is 1.49. The molecule has 10 heteroatoms. The number of nitrogens with one attached hydrogen (secondary N) is 1. The number of carbonyl (C=O) groups is 1. The Morgan fingerprint density at radius 1 is 1.26 bits per heavy atom. The van der Waals surface area contributed by atoms with Gasteiger partial charge in [-0.1, -0.05) is 19.3 Å². The lowest BCUT2D eigenvalue weighted by molar-refractivity contribution is -0.129. The van der Waals surface area contributed by atoms with Gasteiger partial charge < -0.3 is 15.0 Å². The highest BCUT2D eigenvalue weighted by molar-refractivity contribution is 5.79. The van der Waals surface area contributed by atoms with E-state index in [4.69, 9.17) is 4.74 Å². The van der Waals surface area contributed by atoms with E-state index in [0.29, 0.717) is 28.7 Å². The maximum Gasteiger partial charge on any atom is 0.331 e. The van der Waals surface area contributed by atoms with E-state index >= 15 is 0 Å². The van der Waals surface area contributed by atoms with E-state index in [1.807, 2.05) is 6.07 Å². The van der Waals surface area contributed by atoms with Crippen molar-refractivity contribution >= 4 is 28.7 Å². The molecule has 3 heterocycles. The van der Waals surface area contributed by atoms with Gasteiger partial charge in [-0.05, 0) is 25.0 Å². The molecule has 0 atom stereocenters. The van der Waals surface area contributed by atoms with E-state index in [1.54, 1.807) is 44.2 Å². The van der Waals surface area contributed by atoms with Crippen molar-refractivity contribution in [2.75, 3.05) is 26.5 Å². The third-order valence-corrected chi connectivity index (χ3v) is 5.65. The summed E-state index contributed by atoms with van der Waals surface area (Å²) in [6.07, 6.45) is 8.39. The second-order valence-electron chi connectivity index (χ2n) is 7.91. The van der Waals surface area contributed by atoms with Crippen LogP contribution in [0.25, 0.3) is 11.2 Å². The Bertz CT molecular complexity index is 1150. The number of carbonyl (C=O) groups excluding carboxylic acids is 1. The highest BCUT2D eigenvalue weighted by atomic mass is 16.5. The quantitative estimate of drug-likeness (QED) is 0.646. The first-order chi connectivity index (χ1) is 15.0. The van der Waals surface area contributed by atoms with Crippen LogP contribution in [0.3, 0.4) is 0 Å². The van der Waals surface area contributed by atoms with E-state index in [-0.39, 0.29) is 24.2 Å². The van der Waals surface area contributed by atoms with Crippen LogP contribution in [-0.2, 0) is 11.3 Å². The zero-order valence-electron chi connectivity index (χ0n) is 18.0. The normalized spacial score (nSPS) is 14.5. The molecule has 0 bridgehead atoms. The molecule has 0 saturated heterocycles. The van der Waals surface area contributed by atoms with Gasteiger partial charge in [-0.2, -0.15) is 4.98 Å². The number of fused-ring (bicyclic) bond motifs is 1. The Balaban J connectivity index is 1.80. The minimum Gasteiger partial charge on any atom is -0.480 e. The second-order valence-corrected chi connectivity index (χ2v) is 7.91. The van der Waals surface area contributed by atoms with Gasteiger partial charge in [-0.3, -0.25) is 13.9 Å². The van der Waals surface area contributed by atoms with Crippen molar-refractivity contribution in [3.05, 3.63) is 35.0 Å². The van der Waals surface area contributed by atoms with Crippen LogP contribution in [0.1, 0.15) is 38.1 Å². The number of rotatable bonds is 6. The summed E-state index contributed by atoms with van der Waals surface area (Å²) in [5, 5.41) is 3.12. The minimum absolute atomic E-state index is 0.0470. The molecule has 1 N–H and O–H groups in total. The van der Waals surface area contributed by atoms with Gasteiger partial charge in [0.2, 0.25) is 17.7 Å². The fraction of sp³-hybridized carbons (Fsp3) is 0.476. The molecule has 3 aromatic heterocycles. The largest absolute Gasteiger partial charge is 0.480 e. The fourth-order valence-corrected chi connectivity index (χ4v) is 3.98. The molecule has 10 nitrogen and oxygen atoms in total. The van der Waals surface area contributed by atoms with E-state index in [0.717, 1.165) is 25.7 Å². The standard InChI is InChI=1S/C21H27N7O3/c1-26(2)17(29)13-27-16-12-23-20(24-15-10-7-11-22-19(15)31-3)25-18(16)28(21(27)30)14-8-5-4-6-9-14/h7,10-12,14H,4-6,8-9,13H2,1-3H3,(H,23,24,25). The lowest BCUT2D eigenvalue weighted by Crippen LogP contribution is -2.34. The number of pyridine rings is 1. The van der Waals surface area contributed by atoms with Crippen molar-refractivity contribution in [3.63, 3.8) is 0 Å². The summed E-state index contributed by atoms with van der Waals surface area (Å²) in [6.45, 7) is -0.0470. The monoisotopic (exact) mass is 425 g/mol. The lowest BCUT2D eigenvalue weighted by atomic mass is 9.95. The molecule has 1 amide bonds. The van der Waals surface area contributed by atoms with Crippen LogP contribution in [0.5, 0.6) is 5.88 Å². The number of hydrogen-bond donors (Lipinski definition) is 1. The average molecular weight is 425 g/mol. The van der Waals surface area contributed by atoms with Crippen LogP contribution in [0.4, 0.5) is 11.6 Å². The first-order valence-electron chi connectivity index (χ1n) is 10.4. The molecule has 0 aromatic carbocycles. The predicted octanol–water partition coefficient (Wildman–Crippen LogP) is 2.33. The Hall–Kier alpha value is -3.43. The van der Waals surface area contributed by atoms with E-state index < -0.39 is 0 Å². The molecule has 1 fully saturated rings. The van der Waals surface area contributed by atoms with Gasteiger partial charge in [0.15, 0.2) is 5.65 Å². The number of amides is 1. The SMILES string of the molecule is COc1ncccc1Nc1ncc2c(n1)n(C1CCCCC1)c(=O)n2CC(=O)N(C)C. The maximum absolute atomic E-state index is 13.4. The van der Waals surface area contributed by atoms with Crippen molar-refractivity contribution in [2.45, 2.75) is 44.7 Å². The molecular formula is C21H27N7O3. The Labute approximate surface area is 179 Å². The third kappa shape index (κ3) is 4.10. The summed E-state index contributed by atoms with van der Waals surface area (Å²) in [4.78, 5) is 40.4. The number of methoxy groups -OCH3 is 1. The topological polar surface area (TPSA) is 107 Å². The molecular weight excluding hydrogens is 398 g/mol. The van der Waals surface area contributed by atoms with Crippen LogP contribution in [0.2, 0.25) is 0 Å². The van der Waals surface area contributed by atoms with Gasteiger partial charge in [-0.25, -0.2) is 14.8 Å². The van der Waals surface area contributed by atoms with Crippen LogP contribution in [0, 0.1) is 0 Å². The van der Waals surface area contributed by atoms with Gasteiger partial charge in [0.1, 0.15) is 17.7 Å². The number of anilines is 2. The maximum atomic E-state index is 13.4. The van der Waals surface area contributed by atoms with E-state index in [1.165, 1.54) is 15.9 Å². The van der Waals surface area contributed by atoms with Gasteiger partial charge in [0.05, 0.1) is 13.3 Å². The van der Waals surface area contributed by atoms with Gasteiger partial charge >= 0.3 is 5.69 Å². The summed E-state index contributed by atoms with van der Waals surface area (Å²) in [7, 11) is 4.89. The van der Waals surface area contributed by atoms with Gasteiger partial charge in [-0.15, -0.1) is 0 Å². The lowest BCUT2D eigenvalue weighted by Gasteiger charge is -2.22. The Morgan fingerprint density at radius 3 is 2.74 bits per heavy atom. The summed E-state index contributed by atoms with van der Waals surface area (Å²) < 4.78 is 8.50. The molecule has 1 aliphatic carbocycles. The molecule has 1 saturated carbocycles. The van der Waals surface area contributed by atoms with E-state index in [9.17, 15) is 9.59 Å². The highest BCUT2D eigenvalue weighted by Crippen LogP contribution is 2.30.